The molecule has 0 aromatic carbocycles. The number of nitrogens with one attached hydrogen (secondary N) is 2. The first-order valence-electron chi connectivity index (χ1n) is 33.7. The molecule has 9 heterocycles. The topological polar surface area (TPSA) is 761 Å². The highest BCUT2D eigenvalue weighted by atomic mass is 16.8. The van der Waals surface area contributed by atoms with Crippen LogP contribution >= 0.6 is 0 Å². The molecule has 0 bridgehead atoms. The zero-order chi connectivity index (χ0) is 77.9. The van der Waals surface area contributed by atoms with Crippen LogP contribution in [0.15, 0.2) is 0 Å². The Bertz CT molecular complexity index is 2710. The molecule has 616 valence electrons. The SMILES string of the molecule is CC(=O)N[C@H]1[C@H](O[C@H]2[C@H](O)[C@@H](NC(C)=O)C(O)O[C@@H]2CO)O[C@H](CO)[C@@H](O[C@@H]2O[C@H](CO[C@H]3O[C@H](CO[C@H]4O[C@H](CO)[C@@H](O)[C@H](O)[C@@H]4O)[C@@H](O)[C@H](O[C@H]4O[C@H](CO)[C@@H](O)[C@H](O)[C@@H]4O)[C@@H]3O[C@@H]3O[C@@H]([C@H](O)CO)[C@H](O)[C@H]3O)[C@@H](O)[C@H](O[C@H]3O[C@H](CO)[C@@H](O)[C@H](O)[C@@H]3O[C@H]3O[C@H](CO)[C@@H](O)[C@H](O)[C@@H]3O)[C@@H]2O)[C@@H]1O. The lowest BCUT2D eigenvalue weighted by Crippen LogP contribution is -2.70. The van der Waals surface area contributed by atoms with Crippen molar-refractivity contribution in [1.82, 2.24) is 10.6 Å². The Labute approximate surface area is 598 Å². The lowest BCUT2D eigenvalue weighted by molar-refractivity contribution is -0.401. The maximum absolute atomic E-state index is 13.0. The molecule has 48 nitrogen and oxygen atoms in total. The van der Waals surface area contributed by atoms with Gasteiger partial charge in [0.05, 0.1) is 59.5 Å². The van der Waals surface area contributed by atoms with Gasteiger partial charge in [0, 0.05) is 13.8 Å². The summed E-state index contributed by atoms with van der Waals surface area (Å²) in [5, 5.41) is 301. The van der Waals surface area contributed by atoms with Crippen molar-refractivity contribution in [2.75, 3.05) is 59.5 Å². The highest BCUT2D eigenvalue weighted by Crippen LogP contribution is 2.40. The molecule has 0 aromatic heterocycles. The molecular weight excluding hydrogens is 1460 g/mol. The van der Waals surface area contributed by atoms with E-state index in [1.807, 2.05) is 0 Å². The molecule has 0 spiro atoms. The lowest BCUT2D eigenvalue weighted by atomic mass is 9.94. The van der Waals surface area contributed by atoms with E-state index < -0.39 is 348 Å². The van der Waals surface area contributed by atoms with Gasteiger partial charge in [0.15, 0.2) is 56.6 Å². The Balaban J connectivity index is 1.10. The van der Waals surface area contributed by atoms with Crippen LogP contribution < -0.4 is 10.6 Å². The number of carbonyl (C=O) groups is 2. The summed E-state index contributed by atoms with van der Waals surface area (Å²) in [6, 6.07) is -3.59. The van der Waals surface area contributed by atoms with Gasteiger partial charge in [0.2, 0.25) is 11.8 Å². The molecule has 106 heavy (non-hydrogen) atoms. The molecule has 0 aliphatic carbocycles. The summed E-state index contributed by atoms with van der Waals surface area (Å²) in [7, 11) is 0. The lowest BCUT2D eigenvalue weighted by Gasteiger charge is -2.51. The largest absolute Gasteiger partial charge is 0.394 e. The molecule has 1 unspecified atom stereocenters. The second-order valence-electron chi connectivity index (χ2n) is 26.7. The smallest absolute Gasteiger partial charge is 0.217 e. The highest BCUT2D eigenvalue weighted by Gasteiger charge is 2.61. The van der Waals surface area contributed by atoms with Gasteiger partial charge >= 0.3 is 0 Å². The molecule has 45 atom stereocenters. The van der Waals surface area contributed by atoms with Crippen molar-refractivity contribution in [3.63, 3.8) is 0 Å². The van der Waals surface area contributed by atoms with E-state index in [9.17, 15) is 147 Å². The van der Waals surface area contributed by atoms with E-state index in [4.69, 9.17) is 80.5 Å². The van der Waals surface area contributed by atoms with E-state index >= 15 is 0 Å². The fourth-order valence-electron chi connectivity index (χ4n) is 13.5. The molecule has 9 aliphatic heterocycles. The number of ether oxygens (including phenoxy) is 17. The molecule has 0 saturated carbocycles. The number of hydrogen-bond acceptors (Lipinski definition) is 46. The Kier molecular flexibility index (Phi) is 31.1. The van der Waals surface area contributed by atoms with Crippen LogP contribution in [0.4, 0.5) is 0 Å². The van der Waals surface area contributed by atoms with E-state index in [1.165, 1.54) is 0 Å². The van der Waals surface area contributed by atoms with Crippen molar-refractivity contribution in [3.8, 4) is 0 Å². The Hall–Kier alpha value is -2.82. The van der Waals surface area contributed by atoms with E-state index in [0.717, 1.165) is 13.8 Å². The monoisotopic (exact) mass is 1560 g/mol. The van der Waals surface area contributed by atoms with Crippen molar-refractivity contribution < 1.29 is 228 Å². The van der Waals surface area contributed by atoms with Crippen molar-refractivity contribution in [2.45, 2.75) is 290 Å². The summed E-state index contributed by atoms with van der Waals surface area (Å²) in [6.45, 7) is -7.99. The Morgan fingerprint density at radius 1 is 0.292 bits per heavy atom. The second-order valence-corrected chi connectivity index (χ2v) is 26.7. The standard InChI is InChI=1S/C58H98N2O46/c1-12(68)59-23-31(77)44(19(8-66)92-50(23)89)101-51-24(60-13(2)69)32(78)45(20(9-67)97-51)102-56-42(88)46(103-58-48(36(82)28(74)18(7-65)96-58)105-54-40(86)35(81)27(73)17(6-64)95-54)29(75)21(98-56)11-91-57-49(106-55-41(87)37(83)43(100-55)14(70)3-61)47(104-53-39(85)34(80)26(72)16(5-63)94-53)30(76)22(99-57)10-90-52-38(84)33(79)25(71)15(4-62)93-52/h14-58,61-67,70-89H,3-11H2,1-2H3,(H,59,68)(H,60,69)/t14-,15-,16-,17-,18-,19-,20-,21-,22-,23-,24-,25-,26-,27-,28-,29-,30-,31-,32-,33+,34+,35+,36+,37-,38+,39+,40+,41-,42+,43+,44-,45-,46+,47+,48+,49+,50?,51+,52+,53-,54-,55+,56+,57+,58-/m1/s1. The fourth-order valence-corrected chi connectivity index (χ4v) is 13.5. The fraction of sp³-hybridized carbons (Fsp3) is 0.966. The molecule has 0 radical (unpaired) electrons. The van der Waals surface area contributed by atoms with Gasteiger partial charge in [-0.15, -0.1) is 0 Å². The molecular formula is C58H98N2O46. The van der Waals surface area contributed by atoms with Crippen molar-refractivity contribution in [1.29, 1.82) is 0 Å². The summed E-state index contributed by atoms with van der Waals surface area (Å²) in [5.74, 6) is -1.74. The number of rotatable bonds is 28. The second kappa shape index (κ2) is 37.9. The minimum Gasteiger partial charge on any atom is -0.394 e. The molecule has 9 saturated heterocycles. The minimum atomic E-state index is -2.58. The van der Waals surface area contributed by atoms with Crippen LogP contribution in [0, 0.1) is 0 Å². The Morgan fingerprint density at radius 2 is 0.632 bits per heavy atom. The van der Waals surface area contributed by atoms with E-state index in [-0.39, 0.29) is 0 Å². The molecule has 2 amide bonds. The van der Waals surface area contributed by atoms with Crippen molar-refractivity contribution >= 4 is 11.8 Å². The summed E-state index contributed by atoms with van der Waals surface area (Å²) in [4.78, 5) is 25.1. The predicted octanol–water partition coefficient (Wildman–Crippen LogP) is -20.3. The van der Waals surface area contributed by atoms with Gasteiger partial charge in [0.25, 0.3) is 0 Å². The molecule has 9 rings (SSSR count). The van der Waals surface area contributed by atoms with Crippen LogP contribution in [-0.4, -0.2) is 485 Å². The molecule has 48 heteroatoms. The van der Waals surface area contributed by atoms with Crippen LogP contribution in [0.5, 0.6) is 0 Å². The first kappa shape index (κ1) is 87.2. The van der Waals surface area contributed by atoms with E-state index in [0.29, 0.717) is 0 Å². The zero-order valence-corrected chi connectivity index (χ0v) is 56.2. The summed E-state index contributed by atoms with van der Waals surface area (Å²) in [5.41, 5.74) is 0. The van der Waals surface area contributed by atoms with Crippen LogP contribution in [0.2, 0.25) is 0 Å². The number of aliphatic hydroxyl groups excluding tert-OH is 27. The summed E-state index contributed by atoms with van der Waals surface area (Å²) < 4.78 is 100. The maximum atomic E-state index is 13.0. The van der Waals surface area contributed by atoms with Crippen molar-refractivity contribution in [2.24, 2.45) is 0 Å². The minimum absolute atomic E-state index is 0.791. The van der Waals surface area contributed by atoms with E-state index in [1.54, 1.807) is 0 Å². The van der Waals surface area contributed by atoms with E-state index in [2.05, 4.69) is 10.6 Å². The van der Waals surface area contributed by atoms with Gasteiger partial charge in [0.1, 0.15) is 220 Å². The summed E-state index contributed by atoms with van der Waals surface area (Å²) in [6.07, 6.45) is -91.7. The third kappa shape index (κ3) is 18.7. The Morgan fingerprint density at radius 3 is 1.13 bits per heavy atom. The average molecular weight is 1560 g/mol. The van der Waals surface area contributed by atoms with Gasteiger partial charge in [-0.3, -0.25) is 9.59 Å². The third-order valence-electron chi connectivity index (χ3n) is 19.5. The quantitative estimate of drug-likeness (QED) is 0.0346. The average Bonchev–Trinajstić information content (AvgIpc) is 0.879. The van der Waals surface area contributed by atoms with Crippen LogP contribution in [0.25, 0.3) is 0 Å². The number of amides is 2. The first-order chi connectivity index (χ1) is 50.2. The third-order valence-corrected chi connectivity index (χ3v) is 19.5. The van der Waals surface area contributed by atoms with Crippen LogP contribution in [0.1, 0.15) is 13.8 Å². The van der Waals surface area contributed by atoms with Gasteiger partial charge in [-0.2, -0.15) is 0 Å². The maximum Gasteiger partial charge on any atom is 0.217 e. The van der Waals surface area contributed by atoms with Gasteiger partial charge in [-0.05, 0) is 0 Å². The van der Waals surface area contributed by atoms with Gasteiger partial charge < -0.3 is 229 Å². The molecule has 29 N–H and O–H groups in total. The van der Waals surface area contributed by atoms with Crippen molar-refractivity contribution in [3.05, 3.63) is 0 Å². The highest BCUT2D eigenvalue weighted by molar-refractivity contribution is 5.73. The number of hydrogen-bond donors (Lipinski definition) is 29. The zero-order valence-electron chi connectivity index (χ0n) is 56.2. The van der Waals surface area contributed by atoms with Crippen LogP contribution in [-0.2, 0) is 90.1 Å². The molecule has 0 aromatic rings. The summed E-state index contributed by atoms with van der Waals surface area (Å²) >= 11 is 0. The van der Waals surface area contributed by atoms with Crippen LogP contribution in [0.3, 0.4) is 0 Å². The number of aliphatic hydroxyl groups is 27. The molecule has 9 aliphatic rings. The van der Waals surface area contributed by atoms with Gasteiger partial charge in [-0.1, -0.05) is 0 Å². The predicted molar refractivity (Wildman–Crippen MR) is 320 cm³/mol. The molecule has 9 fully saturated rings. The first-order valence-corrected chi connectivity index (χ1v) is 33.7. The normalized spacial score (nSPS) is 50.7. The van der Waals surface area contributed by atoms with Gasteiger partial charge in [-0.25, -0.2) is 0 Å². The number of carbonyl (C=O) groups excluding carboxylic acids is 2.